The van der Waals surface area contributed by atoms with Crippen LogP contribution in [0.25, 0.3) is 0 Å². The zero-order valence-corrected chi connectivity index (χ0v) is 9.03. The Morgan fingerprint density at radius 3 is 2.93 bits per heavy atom. The molecule has 0 aromatic carbocycles. The lowest BCUT2D eigenvalue weighted by atomic mass is 10.1. The van der Waals surface area contributed by atoms with Crippen molar-refractivity contribution in [3.05, 3.63) is 18.7 Å². The van der Waals surface area contributed by atoms with Crippen molar-refractivity contribution in [1.29, 1.82) is 0 Å². The lowest BCUT2D eigenvalue weighted by Crippen LogP contribution is -2.42. The van der Waals surface area contributed by atoms with Crippen LogP contribution in [0.1, 0.15) is 20.3 Å². The van der Waals surface area contributed by atoms with Gasteiger partial charge in [-0.25, -0.2) is 4.98 Å². The maximum Gasteiger partial charge on any atom is 0.222 e. The van der Waals surface area contributed by atoms with Gasteiger partial charge in [-0.2, -0.15) is 0 Å². The summed E-state index contributed by atoms with van der Waals surface area (Å²) >= 11 is 0. The van der Waals surface area contributed by atoms with E-state index in [4.69, 9.17) is 6.42 Å². The Morgan fingerprint density at radius 1 is 1.67 bits per heavy atom. The Kier molecular flexibility index (Phi) is 3.51. The number of aryl methyl sites for hydroxylation is 1. The Labute approximate surface area is 89.7 Å². The number of imidazole rings is 1. The number of carbonyl (C=O) groups excluding carboxylic acids is 1. The highest BCUT2D eigenvalue weighted by Crippen LogP contribution is 2.00. The van der Waals surface area contributed by atoms with Gasteiger partial charge >= 0.3 is 0 Å². The molecule has 1 heterocycles. The molecule has 0 fully saturated rings. The number of nitrogens with zero attached hydrogens (tertiary/aromatic N) is 2. The third-order valence-corrected chi connectivity index (χ3v) is 1.97. The monoisotopic (exact) mass is 205 g/mol. The molecule has 80 valence electrons. The number of rotatable bonds is 4. The van der Waals surface area contributed by atoms with Gasteiger partial charge < -0.3 is 9.88 Å². The SMILES string of the molecule is C#CC(C)(C)NC(=O)CCn1ccnc1. The first-order chi connectivity index (χ1) is 7.03. The molecule has 4 heteroatoms. The lowest BCUT2D eigenvalue weighted by Gasteiger charge is -2.19. The Bertz CT molecular complexity index is 360. The molecule has 0 aliphatic heterocycles. The van der Waals surface area contributed by atoms with Crippen molar-refractivity contribution in [1.82, 2.24) is 14.9 Å². The highest BCUT2D eigenvalue weighted by molar-refractivity contribution is 5.77. The molecule has 0 saturated heterocycles. The first-order valence-electron chi connectivity index (χ1n) is 4.78. The zero-order chi connectivity index (χ0) is 11.3. The summed E-state index contributed by atoms with van der Waals surface area (Å²) < 4.78 is 1.85. The summed E-state index contributed by atoms with van der Waals surface area (Å²) in [6.07, 6.45) is 10.9. The quantitative estimate of drug-likeness (QED) is 0.739. The van der Waals surface area contributed by atoms with E-state index >= 15 is 0 Å². The highest BCUT2D eigenvalue weighted by Gasteiger charge is 2.16. The van der Waals surface area contributed by atoms with Crippen LogP contribution in [0.2, 0.25) is 0 Å². The first-order valence-corrected chi connectivity index (χ1v) is 4.78. The smallest absolute Gasteiger partial charge is 0.222 e. The normalized spacial score (nSPS) is 10.7. The molecule has 0 aliphatic rings. The number of carbonyl (C=O) groups is 1. The maximum atomic E-state index is 11.5. The van der Waals surface area contributed by atoms with Gasteiger partial charge in [-0.1, -0.05) is 5.92 Å². The fraction of sp³-hybridized carbons (Fsp3) is 0.455. The molecule has 0 saturated carbocycles. The van der Waals surface area contributed by atoms with E-state index < -0.39 is 5.54 Å². The molecule has 0 aliphatic carbocycles. The van der Waals surface area contributed by atoms with E-state index in [1.54, 1.807) is 26.4 Å². The van der Waals surface area contributed by atoms with Crippen LogP contribution in [-0.4, -0.2) is 21.0 Å². The van der Waals surface area contributed by atoms with Crippen molar-refractivity contribution in [2.45, 2.75) is 32.4 Å². The summed E-state index contributed by atoms with van der Waals surface area (Å²) in [5.41, 5.74) is -0.577. The molecule has 1 rings (SSSR count). The molecule has 1 aromatic rings. The lowest BCUT2D eigenvalue weighted by molar-refractivity contribution is -0.122. The number of aromatic nitrogens is 2. The second-order valence-electron chi connectivity index (χ2n) is 3.87. The number of hydrogen-bond donors (Lipinski definition) is 1. The van der Waals surface area contributed by atoms with Crippen LogP contribution < -0.4 is 5.32 Å². The summed E-state index contributed by atoms with van der Waals surface area (Å²) in [4.78, 5) is 15.4. The summed E-state index contributed by atoms with van der Waals surface area (Å²) in [5, 5.41) is 2.76. The molecular weight excluding hydrogens is 190 g/mol. The van der Waals surface area contributed by atoms with Crippen LogP contribution in [0.5, 0.6) is 0 Å². The van der Waals surface area contributed by atoms with Crippen LogP contribution in [0, 0.1) is 12.3 Å². The van der Waals surface area contributed by atoms with Crippen molar-refractivity contribution in [2.75, 3.05) is 0 Å². The maximum absolute atomic E-state index is 11.5. The van der Waals surface area contributed by atoms with Crippen molar-refractivity contribution in [2.24, 2.45) is 0 Å². The van der Waals surface area contributed by atoms with E-state index in [-0.39, 0.29) is 5.91 Å². The first kappa shape index (κ1) is 11.3. The average Bonchev–Trinajstić information content (AvgIpc) is 2.66. The number of terminal acetylenes is 1. The standard InChI is InChI=1S/C11H15N3O/c1-4-11(2,3)13-10(15)5-7-14-8-6-12-9-14/h1,6,8-9H,5,7H2,2-3H3,(H,13,15). The molecule has 0 bridgehead atoms. The number of amides is 1. The minimum absolute atomic E-state index is 0.0494. The minimum Gasteiger partial charge on any atom is -0.340 e. The molecule has 0 atom stereocenters. The molecule has 1 N–H and O–H groups in total. The molecule has 0 radical (unpaired) electrons. The van der Waals surface area contributed by atoms with E-state index in [2.05, 4.69) is 16.2 Å². The molecule has 0 unspecified atom stereocenters. The van der Waals surface area contributed by atoms with E-state index in [0.29, 0.717) is 13.0 Å². The average molecular weight is 205 g/mol. The van der Waals surface area contributed by atoms with Gasteiger partial charge in [0.2, 0.25) is 5.91 Å². The van der Waals surface area contributed by atoms with Gasteiger partial charge in [-0.15, -0.1) is 6.42 Å². The van der Waals surface area contributed by atoms with E-state index in [1.807, 2.05) is 10.8 Å². The molecule has 4 nitrogen and oxygen atoms in total. The van der Waals surface area contributed by atoms with Crippen molar-refractivity contribution >= 4 is 5.91 Å². The van der Waals surface area contributed by atoms with Gasteiger partial charge in [0.15, 0.2) is 0 Å². The van der Waals surface area contributed by atoms with Crippen molar-refractivity contribution in [3.8, 4) is 12.3 Å². The predicted molar refractivity (Wildman–Crippen MR) is 57.9 cm³/mol. The third kappa shape index (κ3) is 3.86. The summed E-state index contributed by atoms with van der Waals surface area (Å²) in [7, 11) is 0. The topological polar surface area (TPSA) is 46.9 Å². The second kappa shape index (κ2) is 4.65. The van der Waals surface area contributed by atoms with Gasteiger partial charge in [0, 0.05) is 25.4 Å². The van der Waals surface area contributed by atoms with Gasteiger partial charge in [0.25, 0.3) is 0 Å². The molecular formula is C11H15N3O. The van der Waals surface area contributed by atoms with E-state index in [1.165, 1.54) is 0 Å². The fourth-order valence-corrected chi connectivity index (χ4v) is 1.10. The van der Waals surface area contributed by atoms with Gasteiger partial charge in [0.05, 0.1) is 11.9 Å². The summed E-state index contributed by atoms with van der Waals surface area (Å²) in [5.74, 6) is 2.46. The number of hydrogen-bond acceptors (Lipinski definition) is 2. The third-order valence-electron chi connectivity index (χ3n) is 1.97. The molecule has 15 heavy (non-hydrogen) atoms. The fourth-order valence-electron chi connectivity index (χ4n) is 1.10. The van der Waals surface area contributed by atoms with Gasteiger partial charge in [-0.3, -0.25) is 4.79 Å². The van der Waals surface area contributed by atoms with Crippen LogP contribution in [-0.2, 0) is 11.3 Å². The zero-order valence-electron chi connectivity index (χ0n) is 9.03. The summed E-state index contributed by atoms with van der Waals surface area (Å²) in [6.45, 7) is 4.21. The highest BCUT2D eigenvalue weighted by atomic mass is 16.1. The number of nitrogens with one attached hydrogen (secondary N) is 1. The second-order valence-corrected chi connectivity index (χ2v) is 3.87. The Hall–Kier alpha value is -1.76. The van der Waals surface area contributed by atoms with Crippen LogP contribution >= 0.6 is 0 Å². The van der Waals surface area contributed by atoms with Crippen molar-refractivity contribution < 1.29 is 4.79 Å². The van der Waals surface area contributed by atoms with E-state index in [9.17, 15) is 4.79 Å². The largest absolute Gasteiger partial charge is 0.340 e. The van der Waals surface area contributed by atoms with Gasteiger partial charge in [-0.05, 0) is 13.8 Å². The Balaban J connectivity index is 2.35. The van der Waals surface area contributed by atoms with Crippen LogP contribution in [0.4, 0.5) is 0 Å². The summed E-state index contributed by atoms with van der Waals surface area (Å²) in [6, 6.07) is 0. The molecule has 0 spiro atoms. The van der Waals surface area contributed by atoms with Gasteiger partial charge in [0.1, 0.15) is 0 Å². The van der Waals surface area contributed by atoms with Crippen LogP contribution in [0.3, 0.4) is 0 Å². The minimum atomic E-state index is -0.577. The van der Waals surface area contributed by atoms with E-state index in [0.717, 1.165) is 0 Å². The van der Waals surface area contributed by atoms with Crippen LogP contribution in [0.15, 0.2) is 18.7 Å². The van der Waals surface area contributed by atoms with Crippen molar-refractivity contribution in [3.63, 3.8) is 0 Å². The molecule has 1 amide bonds. The molecule has 1 aromatic heterocycles. The predicted octanol–water partition coefficient (Wildman–Crippen LogP) is 0.801. The Morgan fingerprint density at radius 2 is 2.40 bits per heavy atom.